The molecular weight excluding hydrogens is 242 g/mol. The first kappa shape index (κ1) is 10.7. The molecule has 2 heterocycles. The number of hydrogen-bond donors (Lipinski definition) is 1. The van der Waals surface area contributed by atoms with E-state index in [1.54, 1.807) is 0 Å². The predicted octanol–water partition coefficient (Wildman–Crippen LogP) is 1.08. The van der Waals surface area contributed by atoms with Gasteiger partial charge in [0, 0.05) is 5.92 Å². The molecule has 7 nitrogen and oxygen atoms in total. The minimum Gasteiger partial charge on any atom is -0.415 e. The summed E-state index contributed by atoms with van der Waals surface area (Å²) in [4.78, 5) is 4.30. The number of rotatable bonds is 5. The van der Waals surface area contributed by atoms with Crippen molar-refractivity contribution in [2.45, 2.75) is 36.3 Å². The van der Waals surface area contributed by atoms with Crippen LogP contribution in [0, 0.1) is 0 Å². The van der Waals surface area contributed by atoms with Gasteiger partial charge in [0.2, 0.25) is 11.8 Å². The summed E-state index contributed by atoms with van der Waals surface area (Å²) >= 11 is 1.37. The number of hydrogen-bond acceptors (Lipinski definition) is 8. The highest BCUT2D eigenvalue weighted by atomic mass is 32.2. The van der Waals surface area contributed by atoms with Crippen LogP contribution in [0.25, 0.3) is 0 Å². The van der Waals surface area contributed by atoms with Gasteiger partial charge in [-0.25, -0.2) is 0 Å². The van der Waals surface area contributed by atoms with Gasteiger partial charge in [-0.3, -0.25) is 0 Å². The topological polar surface area (TPSA) is 104 Å². The lowest BCUT2D eigenvalue weighted by Crippen LogP contribution is -1.95. The second-order valence-corrected chi connectivity index (χ2v) is 4.70. The molecule has 2 N–H and O–H groups in total. The molecule has 0 unspecified atom stereocenters. The highest BCUT2D eigenvalue weighted by Crippen LogP contribution is 2.39. The molecule has 1 saturated carbocycles. The molecule has 2 aromatic rings. The predicted molar refractivity (Wildman–Crippen MR) is 58.0 cm³/mol. The molecule has 1 fully saturated rings. The van der Waals surface area contributed by atoms with E-state index in [1.165, 1.54) is 11.8 Å². The second-order valence-electron chi connectivity index (χ2n) is 3.78. The Hall–Kier alpha value is -1.41. The molecule has 1 aliphatic rings. The van der Waals surface area contributed by atoms with Gasteiger partial charge in [0.05, 0.1) is 12.3 Å². The number of nitrogens with zero attached hydrogens (tertiary/aromatic N) is 4. The summed E-state index contributed by atoms with van der Waals surface area (Å²) in [5.74, 6) is 2.87. The molecule has 0 aliphatic heterocycles. The standard InChI is InChI=1S/C9H11N5O2S/c10-3-7-12-13-9(15-7)17-4-6-11-8(16-14-6)5-1-2-5/h5H,1-4,10H2. The van der Waals surface area contributed by atoms with Crippen LogP contribution >= 0.6 is 11.8 Å². The molecule has 3 rings (SSSR count). The van der Waals surface area contributed by atoms with E-state index < -0.39 is 0 Å². The second kappa shape index (κ2) is 4.46. The Morgan fingerprint density at radius 3 is 2.94 bits per heavy atom. The van der Waals surface area contributed by atoms with Crippen molar-refractivity contribution in [1.29, 1.82) is 0 Å². The molecule has 0 radical (unpaired) electrons. The monoisotopic (exact) mass is 253 g/mol. The van der Waals surface area contributed by atoms with Crippen molar-refractivity contribution >= 4 is 11.8 Å². The van der Waals surface area contributed by atoms with Crippen LogP contribution in [0.1, 0.15) is 36.4 Å². The Morgan fingerprint density at radius 1 is 1.35 bits per heavy atom. The maximum Gasteiger partial charge on any atom is 0.277 e. The quantitative estimate of drug-likeness (QED) is 0.789. The van der Waals surface area contributed by atoms with E-state index in [0.717, 1.165) is 18.7 Å². The fourth-order valence-electron chi connectivity index (χ4n) is 1.33. The molecule has 0 aromatic carbocycles. The molecule has 0 bridgehead atoms. The Balaban J connectivity index is 1.58. The molecule has 17 heavy (non-hydrogen) atoms. The van der Waals surface area contributed by atoms with Crippen molar-refractivity contribution in [3.63, 3.8) is 0 Å². The molecule has 0 saturated heterocycles. The molecule has 1 aliphatic carbocycles. The van der Waals surface area contributed by atoms with Gasteiger partial charge < -0.3 is 14.7 Å². The van der Waals surface area contributed by atoms with E-state index in [0.29, 0.717) is 28.6 Å². The largest absolute Gasteiger partial charge is 0.415 e. The highest BCUT2D eigenvalue weighted by molar-refractivity contribution is 7.98. The van der Waals surface area contributed by atoms with Crippen LogP contribution in [0.3, 0.4) is 0 Å². The molecule has 90 valence electrons. The zero-order valence-electron chi connectivity index (χ0n) is 9.00. The van der Waals surface area contributed by atoms with Crippen LogP contribution in [0.4, 0.5) is 0 Å². The summed E-state index contributed by atoms with van der Waals surface area (Å²) in [5.41, 5.74) is 5.37. The first-order valence-corrected chi connectivity index (χ1v) is 6.31. The van der Waals surface area contributed by atoms with Gasteiger partial charge >= 0.3 is 0 Å². The van der Waals surface area contributed by atoms with Crippen LogP contribution in [0.15, 0.2) is 14.2 Å². The van der Waals surface area contributed by atoms with Gasteiger partial charge in [-0.15, -0.1) is 10.2 Å². The highest BCUT2D eigenvalue weighted by Gasteiger charge is 2.29. The molecule has 0 spiro atoms. The van der Waals surface area contributed by atoms with E-state index in [-0.39, 0.29) is 6.54 Å². The van der Waals surface area contributed by atoms with Crippen molar-refractivity contribution < 1.29 is 8.94 Å². The van der Waals surface area contributed by atoms with Gasteiger partial charge in [-0.2, -0.15) is 4.98 Å². The Labute approximate surface area is 101 Å². The third kappa shape index (κ3) is 2.47. The zero-order valence-corrected chi connectivity index (χ0v) is 9.81. The first-order chi connectivity index (χ1) is 8.35. The minimum atomic E-state index is 0.252. The maximum atomic E-state index is 5.37. The van der Waals surface area contributed by atoms with Crippen LogP contribution < -0.4 is 5.73 Å². The summed E-state index contributed by atoms with van der Waals surface area (Å²) < 4.78 is 10.4. The average molecular weight is 253 g/mol. The van der Waals surface area contributed by atoms with Crippen molar-refractivity contribution in [1.82, 2.24) is 20.3 Å². The van der Waals surface area contributed by atoms with Gasteiger partial charge in [0.15, 0.2) is 5.82 Å². The summed E-state index contributed by atoms with van der Waals surface area (Å²) in [6.07, 6.45) is 2.30. The Bertz CT molecular complexity index is 507. The molecule has 8 heteroatoms. The van der Waals surface area contributed by atoms with Crippen molar-refractivity contribution in [2.24, 2.45) is 5.73 Å². The fraction of sp³-hybridized carbons (Fsp3) is 0.556. The molecular formula is C9H11N5O2S. The minimum absolute atomic E-state index is 0.252. The normalized spacial score (nSPS) is 15.4. The zero-order chi connectivity index (χ0) is 11.7. The Kier molecular flexibility index (Phi) is 2.81. The van der Waals surface area contributed by atoms with E-state index in [2.05, 4.69) is 20.3 Å². The molecule has 0 atom stereocenters. The van der Waals surface area contributed by atoms with Crippen LogP contribution in [-0.4, -0.2) is 20.3 Å². The van der Waals surface area contributed by atoms with Crippen LogP contribution in [0.5, 0.6) is 0 Å². The average Bonchev–Trinajstić information content (AvgIpc) is 2.93. The number of thioether (sulfide) groups is 1. The van der Waals surface area contributed by atoms with Gasteiger partial charge in [0.25, 0.3) is 5.22 Å². The molecule has 2 aromatic heterocycles. The smallest absolute Gasteiger partial charge is 0.277 e. The lowest BCUT2D eigenvalue weighted by Gasteiger charge is -1.89. The van der Waals surface area contributed by atoms with Gasteiger partial charge in [-0.1, -0.05) is 16.9 Å². The van der Waals surface area contributed by atoms with Crippen molar-refractivity contribution in [3.8, 4) is 0 Å². The lowest BCUT2D eigenvalue weighted by molar-refractivity contribution is 0.375. The lowest BCUT2D eigenvalue weighted by atomic mass is 10.4. The van der Waals surface area contributed by atoms with E-state index in [9.17, 15) is 0 Å². The fourth-order valence-corrected chi connectivity index (χ4v) is 1.95. The van der Waals surface area contributed by atoms with Gasteiger partial charge in [-0.05, 0) is 12.8 Å². The van der Waals surface area contributed by atoms with Crippen molar-refractivity contribution in [3.05, 3.63) is 17.6 Å². The number of aromatic nitrogens is 4. The summed E-state index contributed by atoms with van der Waals surface area (Å²) in [5, 5.41) is 12.0. The SMILES string of the molecule is NCc1nnc(SCc2noc(C3CC3)n2)o1. The summed E-state index contributed by atoms with van der Waals surface area (Å²) in [7, 11) is 0. The summed E-state index contributed by atoms with van der Waals surface area (Å²) in [6, 6.07) is 0. The van der Waals surface area contributed by atoms with Crippen LogP contribution in [-0.2, 0) is 12.3 Å². The van der Waals surface area contributed by atoms with Crippen molar-refractivity contribution in [2.75, 3.05) is 0 Å². The van der Waals surface area contributed by atoms with E-state index in [1.807, 2.05) is 0 Å². The third-order valence-corrected chi connectivity index (χ3v) is 3.17. The summed E-state index contributed by atoms with van der Waals surface area (Å²) in [6.45, 7) is 0.252. The Morgan fingerprint density at radius 2 is 2.24 bits per heavy atom. The van der Waals surface area contributed by atoms with E-state index >= 15 is 0 Å². The van der Waals surface area contributed by atoms with Gasteiger partial charge in [0.1, 0.15) is 0 Å². The maximum absolute atomic E-state index is 5.37. The van der Waals surface area contributed by atoms with E-state index in [4.69, 9.17) is 14.7 Å². The third-order valence-electron chi connectivity index (χ3n) is 2.36. The van der Waals surface area contributed by atoms with Crippen LogP contribution in [0.2, 0.25) is 0 Å². The molecule has 0 amide bonds. The first-order valence-electron chi connectivity index (χ1n) is 5.33. The number of nitrogens with two attached hydrogens (primary N) is 1.